The Balaban J connectivity index is 1.78. The lowest BCUT2D eigenvalue weighted by atomic mass is 9.98. The Morgan fingerprint density at radius 2 is 1.93 bits per heavy atom. The first-order valence-electron chi connectivity index (χ1n) is 9.66. The number of methoxy groups -OCH3 is 1. The van der Waals surface area contributed by atoms with E-state index in [1.807, 2.05) is 18.2 Å². The number of anilines is 1. The van der Waals surface area contributed by atoms with Gasteiger partial charge in [0.1, 0.15) is 0 Å². The van der Waals surface area contributed by atoms with Gasteiger partial charge in [0.2, 0.25) is 5.13 Å². The van der Waals surface area contributed by atoms with Crippen LogP contribution in [-0.2, 0) is 0 Å². The van der Waals surface area contributed by atoms with Crippen LogP contribution in [0.5, 0.6) is 11.5 Å². The highest BCUT2D eigenvalue weighted by molar-refractivity contribution is 7.14. The number of hydrogen-bond acceptors (Lipinski definition) is 6. The fourth-order valence-corrected chi connectivity index (χ4v) is 3.99. The first kappa shape index (κ1) is 20.9. The summed E-state index contributed by atoms with van der Waals surface area (Å²) in [7, 11) is 1.64. The summed E-state index contributed by atoms with van der Waals surface area (Å²) < 4.78 is 11.3. The lowest BCUT2D eigenvalue weighted by Crippen LogP contribution is -2.01. The zero-order valence-electron chi connectivity index (χ0n) is 17.6. The number of hydrazone groups is 1. The topological polar surface area (TPSA) is 55.7 Å². The lowest BCUT2D eigenvalue weighted by molar-refractivity contribution is 0.294. The molecular formula is C23H27N3O2S. The molecule has 0 aliphatic heterocycles. The molecule has 0 saturated heterocycles. The van der Waals surface area contributed by atoms with Gasteiger partial charge in [-0.05, 0) is 50.5 Å². The molecule has 0 fully saturated rings. The molecule has 0 spiro atoms. The molecule has 0 radical (unpaired) electrons. The molecule has 152 valence electrons. The molecule has 0 atom stereocenters. The number of nitrogens with zero attached hydrogens (tertiary/aromatic N) is 2. The Hall–Kier alpha value is -2.86. The Kier molecular flexibility index (Phi) is 6.88. The second-order valence-corrected chi connectivity index (χ2v) is 7.77. The van der Waals surface area contributed by atoms with E-state index in [1.165, 1.54) is 33.6 Å². The summed E-state index contributed by atoms with van der Waals surface area (Å²) in [5, 5.41) is 7.16. The van der Waals surface area contributed by atoms with E-state index in [9.17, 15) is 0 Å². The molecule has 0 saturated carbocycles. The standard InChI is InChI=1S/C23H27N3O2S/c1-6-10-28-22-18(8-7-9-20(22)27-5)13-24-26-23-25-19(14-29-23)21-16(3)11-15(2)12-17(21)4/h7-9,11-14H,6,10H2,1-5H3,(H,25,26)/b24-13-. The van der Waals surface area contributed by atoms with Crippen molar-refractivity contribution in [2.75, 3.05) is 19.1 Å². The number of rotatable bonds is 8. The van der Waals surface area contributed by atoms with Gasteiger partial charge < -0.3 is 9.47 Å². The first-order chi connectivity index (χ1) is 14.0. The van der Waals surface area contributed by atoms with E-state index < -0.39 is 0 Å². The molecule has 3 rings (SSSR count). The van der Waals surface area contributed by atoms with E-state index in [0.29, 0.717) is 18.1 Å². The van der Waals surface area contributed by atoms with Crippen LogP contribution >= 0.6 is 11.3 Å². The van der Waals surface area contributed by atoms with Gasteiger partial charge >= 0.3 is 0 Å². The number of aromatic nitrogens is 1. The molecule has 29 heavy (non-hydrogen) atoms. The second-order valence-electron chi connectivity index (χ2n) is 6.91. The summed E-state index contributed by atoms with van der Waals surface area (Å²) in [5.41, 5.74) is 9.78. The Bertz CT molecular complexity index is 988. The molecule has 0 aliphatic carbocycles. The highest BCUT2D eigenvalue weighted by Gasteiger charge is 2.11. The molecule has 1 aromatic heterocycles. The van der Waals surface area contributed by atoms with E-state index >= 15 is 0 Å². The molecule has 0 bridgehead atoms. The Labute approximate surface area is 176 Å². The summed E-state index contributed by atoms with van der Waals surface area (Å²) in [5.74, 6) is 1.40. The van der Waals surface area contributed by atoms with Crippen LogP contribution in [0.15, 0.2) is 40.8 Å². The largest absolute Gasteiger partial charge is 0.493 e. The fourth-order valence-electron chi connectivity index (χ4n) is 3.33. The predicted octanol–water partition coefficient (Wildman–Crippen LogP) is 5.98. The van der Waals surface area contributed by atoms with Gasteiger partial charge in [0, 0.05) is 16.5 Å². The summed E-state index contributed by atoms with van der Waals surface area (Å²) in [6.07, 6.45) is 2.66. The molecule has 1 N–H and O–H groups in total. The van der Waals surface area contributed by atoms with Gasteiger partial charge in [-0.2, -0.15) is 5.10 Å². The molecule has 0 amide bonds. The number of hydrogen-bond donors (Lipinski definition) is 1. The zero-order chi connectivity index (χ0) is 20.8. The van der Waals surface area contributed by atoms with Crippen molar-refractivity contribution < 1.29 is 9.47 Å². The van der Waals surface area contributed by atoms with Crippen molar-refractivity contribution in [2.24, 2.45) is 5.10 Å². The van der Waals surface area contributed by atoms with Crippen LogP contribution in [0.4, 0.5) is 5.13 Å². The number of para-hydroxylation sites is 1. The van der Waals surface area contributed by atoms with Gasteiger partial charge in [-0.25, -0.2) is 4.98 Å². The average molecular weight is 410 g/mol. The van der Waals surface area contributed by atoms with Gasteiger partial charge in [-0.15, -0.1) is 11.3 Å². The highest BCUT2D eigenvalue weighted by atomic mass is 32.1. The van der Waals surface area contributed by atoms with Crippen LogP contribution < -0.4 is 14.9 Å². The SMILES string of the molecule is CCCOc1c(/C=N\Nc2nc(-c3c(C)cc(C)cc3C)cs2)cccc1OC. The van der Waals surface area contributed by atoms with Crippen LogP contribution in [0, 0.1) is 20.8 Å². The molecular weight excluding hydrogens is 382 g/mol. The van der Waals surface area contributed by atoms with E-state index in [-0.39, 0.29) is 0 Å². The third-order valence-electron chi connectivity index (χ3n) is 4.48. The van der Waals surface area contributed by atoms with Gasteiger partial charge in [-0.1, -0.05) is 30.7 Å². The molecule has 0 aliphatic rings. The second kappa shape index (κ2) is 9.56. The number of nitrogens with one attached hydrogen (secondary N) is 1. The zero-order valence-corrected chi connectivity index (χ0v) is 18.4. The van der Waals surface area contributed by atoms with E-state index in [2.05, 4.69) is 55.7 Å². The summed E-state index contributed by atoms with van der Waals surface area (Å²) >= 11 is 1.53. The van der Waals surface area contributed by atoms with Crippen LogP contribution in [0.2, 0.25) is 0 Å². The van der Waals surface area contributed by atoms with Crippen molar-refractivity contribution in [1.82, 2.24) is 4.98 Å². The van der Waals surface area contributed by atoms with Crippen LogP contribution in [0.1, 0.15) is 35.6 Å². The van der Waals surface area contributed by atoms with Crippen molar-refractivity contribution in [3.63, 3.8) is 0 Å². The maximum atomic E-state index is 5.85. The van der Waals surface area contributed by atoms with E-state index in [1.54, 1.807) is 13.3 Å². The predicted molar refractivity (Wildman–Crippen MR) is 122 cm³/mol. The van der Waals surface area contributed by atoms with Gasteiger partial charge in [0.25, 0.3) is 0 Å². The number of thiazole rings is 1. The maximum absolute atomic E-state index is 5.85. The number of aryl methyl sites for hydroxylation is 3. The van der Waals surface area contributed by atoms with E-state index in [4.69, 9.17) is 14.5 Å². The minimum Gasteiger partial charge on any atom is -0.493 e. The van der Waals surface area contributed by atoms with Gasteiger partial charge in [-0.3, -0.25) is 5.43 Å². The van der Waals surface area contributed by atoms with Gasteiger partial charge in [0.05, 0.1) is 25.6 Å². The molecule has 1 heterocycles. The Morgan fingerprint density at radius 1 is 1.17 bits per heavy atom. The average Bonchev–Trinajstić information content (AvgIpc) is 3.14. The monoisotopic (exact) mass is 409 g/mol. The lowest BCUT2D eigenvalue weighted by Gasteiger charge is -2.12. The normalized spacial score (nSPS) is 11.1. The van der Waals surface area contributed by atoms with Crippen LogP contribution in [0.25, 0.3) is 11.3 Å². The van der Waals surface area contributed by atoms with Crippen LogP contribution in [-0.4, -0.2) is 24.9 Å². The molecule has 6 heteroatoms. The summed E-state index contributed by atoms with van der Waals surface area (Å²) in [4.78, 5) is 4.71. The third kappa shape index (κ3) is 4.95. The Morgan fingerprint density at radius 3 is 2.62 bits per heavy atom. The third-order valence-corrected chi connectivity index (χ3v) is 5.23. The number of benzene rings is 2. The highest BCUT2D eigenvalue weighted by Crippen LogP contribution is 2.32. The minimum atomic E-state index is 0.625. The van der Waals surface area contributed by atoms with Crippen molar-refractivity contribution in [2.45, 2.75) is 34.1 Å². The molecule has 5 nitrogen and oxygen atoms in total. The summed E-state index contributed by atoms with van der Waals surface area (Å²) in [6.45, 7) is 9.06. The van der Waals surface area contributed by atoms with E-state index in [0.717, 1.165) is 22.8 Å². The van der Waals surface area contributed by atoms with Crippen molar-refractivity contribution in [1.29, 1.82) is 0 Å². The molecule has 2 aromatic carbocycles. The maximum Gasteiger partial charge on any atom is 0.203 e. The van der Waals surface area contributed by atoms with Crippen molar-refractivity contribution in [3.8, 4) is 22.8 Å². The minimum absolute atomic E-state index is 0.625. The van der Waals surface area contributed by atoms with Crippen molar-refractivity contribution >= 4 is 22.7 Å². The van der Waals surface area contributed by atoms with Crippen molar-refractivity contribution in [3.05, 3.63) is 58.0 Å². The smallest absolute Gasteiger partial charge is 0.203 e. The fraction of sp³-hybridized carbons (Fsp3) is 0.304. The summed E-state index contributed by atoms with van der Waals surface area (Å²) in [6, 6.07) is 10.1. The molecule has 0 unspecified atom stereocenters. The van der Waals surface area contributed by atoms with Gasteiger partial charge in [0.15, 0.2) is 11.5 Å². The molecule has 3 aromatic rings. The quantitative estimate of drug-likeness (QED) is 0.367. The number of ether oxygens (including phenoxy) is 2. The van der Waals surface area contributed by atoms with Crippen LogP contribution in [0.3, 0.4) is 0 Å². The first-order valence-corrected chi connectivity index (χ1v) is 10.5.